The van der Waals surface area contributed by atoms with Crippen molar-refractivity contribution in [2.24, 2.45) is 11.1 Å². The maximum Gasteiger partial charge on any atom is 0.240 e. The second-order valence-corrected chi connectivity index (χ2v) is 6.85. The number of piperidine rings is 1. The summed E-state index contributed by atoms with van der Waals surface area (Å²) in [7, 11) is -3.75. The van der Waals surface area contributed by atoms with Crippen LogP contribution in [0.25, 0.3) is 0 Å². The third-order valence-corrected chi connectivity index (χ3v) is 4.99. The fraction of sp³-hybridized carbons (Fsp3) is 0.538. The second-order valence-electron chi connectivity index (χ2n) is 5.32. The summed E-state index contributed by atoms with van der Waals surface area (Å²) in [5.74, 6) is 0.618. The summed E-state index contributed by atoms with van der Waals surface area (Å²) in [6, 6.07) is 5.40. The molecule has 4 N–H and O–H groups in total. The van der Waals surface area contributed by atoms with Crippen LogP contribution in [0.5, 0.6) is 0 Å². The first-order valence-corrected chi connectivity index (χ1v) is 8.04. The highest BCUT2D eigenvalue weighted by Gasteiger charge is 2.25. The predicted octanol–water partition coefficient (Wildman–Crippen LogP) is 1.54. The van der Waals surface area contributed by atoms with Crippen molar-refractivity contribution in [3.05, 3.63) is 18.2 Å². The quantitative estimate of drug-likeness (QED) is 0.806. The minimum absolute atomic E-state index is 0.00559. The van der Waals surface area contributed by atoms with Crippen molar-refractivity contribution in [1.82, 2.24) is 0 Å². The lowest BCUT2D eigenvalue weighted by Crippen LogP contribution is -2.42. The van der Waals surface area contributed by atoms with Crippen molar-refractivity contribution < 1.29 is 8.42 Å². The Morgan fingerprint density at radius 3 is 2.58 bits per heavy atom. The average Bonchev–Trinajstić information content (AvgIpc) is 2.31. The molecule has 19 heavy (non-hydrogen) atoms. The maximum absolute atomic E-state index is 11.3. The van der Waals surface area contributed by atoms with Crippen LogP contribution in [0.4, 0.5) is 11.4 Å². The minimum Gasteiger partial charge on any atom is -0.398 e. The maximum atomic E-state index is 11.3. The molecule has 0 bridgehead atoms. The molecule has 0 aromatic heterocycles. The SMILES string of the molecule is CC1CCCN(c2ccc(S(N)(=O)=O)c(N)c2)C1C. The van der Waals surface area contributed by atoms with E-state index in [0.717, 1.165) is 18.7 Å². The summed E-state index contributed by atoms with van der Waals surface area (Å²) in [5, 5.41) is 5.11. The van der Waals surface area contributed by atoms with Gasteiger partial charge in [-0.05, 0) is 43.9 Å². The predicted molar refractivity (Wildman–Crippen MR) is 77.4 cm³/mol. The summed E-state index contributed by atoms with van der Waals surface area (Å²) in [4.78, 5) is 2.27. The van der Waals surface area contributed by atoms with Crippen molar-refractivity contribution in [3.8, 4) is 0 Å². The summed E-state index contributed by atoms with van der Waals surface area (Å²) in [6.45, 7) is 5.40. The first kappa shape index (κ1) is 14.1. The molecule has 1 heterocycles. The Hall–Kier alpha value is -1.27. The number of nitrogens with zero attached hydrogens (tertiary/aromatic N) is 1. The van der Waals surface area contributed by atoms with Gasteiger partial charge >= 0.3 is 0 Å². The van der Waals surface area contributed by atoms with Gasteiger partial charge in [-0.3, -0.25) is 0 Å². The number of hydrogen-bond acceptors (Lipinski definition) is 4. The molecule has 1 aliphatic heterocycles. The van der Waals surface area contributed by atoms with Crippen LogP contribution in [-0.4, -0.2) is 21.0 Å². The van der Waals surface area contributed by atoms with E-state index in [4.69, 9.17) is 10.9 Å². The molecular weight excluding hydrogens is 262 g/mol. The fourth-order valence-corrected chi connectivity index (χ4v) is 3.32. The standard InChI is InChI=1S/C13H21N3O2S/c1-9-4-3-7-16(10(9)2)11-5-6-13(12(14)8-11)19(15,17)18/h5-6,8-10H,3-4,7,14H2,1-2H3,(H2,15,17,18). The molecule has 0 spiro atoms. The van der Waals surface area contributed by atoms with Gasteiger partial charge in [0.1, 0.15) is 4.90 Å². The van der Waals surface area contributed by atoms with E-state index < -0.39 is 10.0 Å². The molecule has 0 aliphatic carbocycles. The van der Waals surface area contributed by atoms with Gasteiger partial charge in [-0.15, -0.1) is 0 Å². The van der Waals surface area contributed by atoms with Crippen LogP contribution in [0.15, 0.2) is 23.1 Å². The van der Waals surface area contributed by atoms with E-state index >= 15 is 0 Å². The third kappa shape index (κ3) is 2.84. The van der Waals surface area contributed by atoms with Gasteiger partial charge in [-0.1, -0.05) is 6.92 Å². The van der Waals surface area contributed by atoms with Gasteiger partial charge in [0.25, 0.3) is 0 Å². The summed E-state index contributed by atoms with van der Waals surface area (Å²) in [5.41, 5.74) is 6.98. The van der Waals surface area contributed by atoms with Gasteiger partial charge in [0, 0.05) is 18.3 Å². The van der Waals surface area contributed by atoms with Crippen molar-refractivity contribution >= 4 is 21.4 Å². The number of primary sulfonamides is 1. The highest BCUT2D eigenvalue weighted by molar-refractivity contribution is 7.89. The zero-order chi connectivity index (χ0) is 14.2. The molecule has 1 aliphatic rings. The van der Waals surface area contributed by atoms with Crippen molar-refractivity contribution in [3.63, 3.8) is 0 Å². The van der Waals surface area contributed by atoms with Gasteiger partial charge in [-0.2, -0.15) is 0 Å². The lowest BCUT2D eigenvalue weighted by atomic mass is 9.91. The number of hydrogen-bond donors (Lipinski definition) is 2. The molecular formula is C13H21N3O2S. The van der Waals surface area contributed by atoms with Crippen LogP contribution < -0.4 is 15.8 Å². The third-order valence-electron chi connectivity index (χ3n) is 4.01. The molecule has 106 valence electrons. The summed E-state index contributed by atoms with van der Waals surface area (Å²) < 4.78 is 22.7. The second kappa shape index (κ2) is 5.02. The van der Waals surface area contributed by atoms with Crippen LogP contribution in [0, 0.1) is 5.92 Å². The molecule has 0 amide bonds. The van der Waals surface area contributed by atoms with Gasteiger partial charge in [0.2, 0.25) is 10.0 Å². The van der Waals surface area contributed by atoms with E-state index in [2.05, 4.69) is 18.7 Å². The Morgan fingerprint density at radius 2 is 2.00 bits per heavy atom. The van der Waals surface area contributed by atoms with Gasteiger partial charge < -0.3 is 10.6 Å². The van der Waals surface area contributed by atoms with Crippen LogP contribution >= 0.6 is 0 Å². The summed E-state index contributed by atoms with van der Waals surface area (Å²) in [6.07, 6.45) is 2.37. The Balaban J connectivity index is 2.34. The van der Waals surface area contributed by atoms with Crippen LogP contribution in [0.2, 0.25) is 0 Å². The van der Waals surface area contributed by atoms with E-state index in [1.54, 1.807) is 12.1 Å². The topological polar surface area (TPSA) is 89.4 Å². The Morgan fingerprint density at radius 1 is 1.32 bits per heavy atom. The van der Waals surface area contributed by atoms with E-state index in [1.807, 2.05) is 0 Å². The normalized spacial score (nSPS) is 24.5. The zero-order valence-corrected chi connectivity index (χ0v) is 12.2. The Kier molecular flexibility index (Phi) is 3.73. The largest absolute Gasteiger partial charge is 0.398 e. The molecule has 5 nitrogen and oxygen atoms in total. The van der Waals surface area contributed by atoms with Crippen molar-refractivity contribution in [1.29, 1.82) is 0 Å². The van der Waals surface area contributed by atoms with Crippen molar-refractivity contribution in [2.45, 2.75) is 37.6 Å². The Labute approximate surface area is 114 Å². The lowest BCUT2D eigenvalue weighted by Gasteiger charge is -2.39. The van der Waals surface area contributed by atoms with Crippen molar-refractivity contribution in [2.75, 3.05) is 17.2 Å². The van der Waals surface area contributed by atoms with E-state index in [0.29, 0.717) is 12.0 Å². The zero-order valence-electron chi connectivity index (χ0n) is 11.3. The number of anilines is 2. The van der Waals surface area contributed by atoms with E-state index in [-0.39, 0.29) is 10.6 Å². The monoisotopic (exact) mass is 283 g/mol. The Bertz CT molecular complexity index is 571. The van der Waals surface area contributed by atoms with Gasteiger partial charge in [0.15, 0.2) is 0 Å². The van der Waals surface area contributed by atoms with E-state index in [1.165, 1.54) is 12.5 Å². The number of benzene rings is 1. The molecule has 2 rings (SSSR count). The highest BCUT2D eigenvalue weighted by Crippen LogP contribution is 2.31. The van der Waals surface area contributed by atoms with Crippen LogP contribution in [0.1, 0.15) is 26.7 Å². The molecule has 2 atom stereocenters. The van der Waals surface area contributed by atoms with Gasteiger partial charge in [0.05, 0.1) is 5.69 Å². The molecule has 1 aromatic carbocycles. The molecule has 6 heteroatoms. The molecule has 0 saturated carbocycles. The molecule has 1 fully saturated rings. The number of nitrogens with two attached hydrogens (primary N) is 2. The summed E-state index contributed by atoms with van der Waals surface area (Å²) >= 11 is 0. The van der Waals surface area contributed by atoms with E-state index in [9.17, 15) is 8.42 Å². The molecule has 0 radical (unpaired) electrons. The van der Waals surface area contributed by atoms with Crippen LogP contribution in [-0.2, 0) is 10.0 Å². The smallest absolute Gasteiger partial charge is 0.240 e. The lowest BCUT2D eigenvalue weighted by molar-refractivity contribution is 0.363. The van der Waals surface area contributed by atoms with Crippen LogP contribution in [0.3, 0.4) is 0 Å². The highest BCUT2D eigenvalue weighted by atomic mass is 32.2. The number of nitrogen functional groups attached to an aromatic ring is 1. The average molecular weight is 283 g/mol. The minimum atomic E-state index is -3.75. The first-order chi connectivity index (χ1) is 8.80. The first-order valence-electron chi connectivity index (χ1n) is 6.49. The number of rotatable bonds is 2. The number of sulfonamides is 1. The molecule has 2 unspecified atom stereocenters. The molecule has 1 aromatic rings. The molecule has 1 saturated heterocycles. The fourth-order valence-electron chi connectivity index (χ4n) is 2.67. The van der Waals surface area contributed by atoms with Gasteiger partial charge in [-0.25, -0.2) is 13.6 Å².